The van der Waals surface area contributed by atoms with Crippen molar-refractivity contribution in [2.24, 2.45) is 10.8 Å². The molecular weight excluding hydrogens is 206 g/mol. The Hall–Kier alpha value is -0.360. The molecule has 2 fully saturated rings. The summed E-state index contributed by atoms with van der Waals surface area (Å²) in [7, 11) is -0.555. The summed E-state index contributed by atoms with van der Waals surface area (Å²) in [5, 5.41) is 8.74. The van der Waals surface area contributed by atoms with Gasteiger partial charge in [-0.15, -0.1) is 0 Å². The van der Waals surface area contributed by atoms with Gasteiger partial charge in [0.15, 0.2) is 0 Å². The molecule has 1 aliphatic carbocycles. The lowest BCUT2D eigenvalue weighted by Crippen LogP contribution is -2.57. The molecule has 0 atom stereocenters. The fourth-order valence-corrected chi connectivity index (χ4v) is 4.22. The third-order valence-corrected chi connectivity index (χ3v) is 4.60. The molecular formula is C12H23NOS. The first-order chi connectivity index (χ1) is 7.08. The second-order valence-electron chi connectivity index (χ2n) is 4.25. The minimum absolute atomic E-state index is 0.0926. The Morgan fingerprint density at radius 2 is 1.53 bits per heavy atom. The largest absolute Gasteiger partial charge is 0.260 e. The summed E-state index contributed by atoms with van der Waals surface area (Å²) in [6.07, 6.45) is 1.95. The maximum atomic E-state index is 10.8. The zero-order valence-corrected chi connectivity index (χ0v) is 11.4. The van der Waals surface area contributed by atoms with E-state index in [1.165, 1.54) is 0 Å². The van der Waals surface area contributed by atoms with E-state index < -0.39 is 10.8 Å². The predicted molar refractivity (Wildman–Crippen MR) is 66.0 cm³/mol. The maximum Gasteiger partial charge on any atom is 0.0687 e. The average Bonchev–Trinajstić information content (AvgIpc) is 2.19. The van der Waals surface area contributed by atoms with E-state index >= 15 is 0 Å². The van der Waals surface area contributed by atoms with Gasteiger partial charge in [-0.25, -0.2) is 0 Å². The molecule has 1 saturated carbocycles. The first-order valence-corrected chi connectivity index (χ1v) is 7.33. The number of nitriles is 1. The molecule has 0 N–H and O–H groups in total. The standard InChI is InChI=1S/C8H11NOS.2C2H6/c1-7(4-9)2-8(3-7)5-11(10)6-8;2*1-2/h2-3,5-6H2,1H3;2*1-2H3. The van der Waals surface area contributed by atoms with Crippen LogP contribution in [0.25, 0.3) is 0 Å². The molecule has 1 saturated heterocycles. The highest BCUT2D eigenvalue weighted by Gasteiger charge is 2.58. The van der Waals surface area contributed by atoms with Crippen molar-refractivity contribution in [1.82, 2.24) is 0 Å². The molecule has 1 aliphatic heterocycles. The van der Waals surface area contributed by atoms with Gasteiger partial charge in [0.25, 0.3) is 0 Å². The monoisotopic (exact) mass is 229 g/mol. The summed E-state index contributed by atoms with van der Waals surface area (Å²) in [4.78, 5) is 0. The van der Waals surface area contributed by atoms with E-state index in [-0.39, 0.29) is 5.41 Å². The molecule has 3 heteroatoms. The van der Waals surface area contributed by atoms with E-state index in [1.54, 1.807) is 0 Å². The normalized spacial score (nSPS) is 40.7. The van der Waals surface area contributed by atoms with E-state index in [0.29, 0.717) is 5.41 Å². The Bertz CT molecular complexity index is 251. The highest BCUT2D eigenvalue weighted by Crippen LogP contribution is 2.58. The highest BCUT2D eigenvalue weighted by atomic mass is 32.2. The Labute approximate surface area is 96.5 Å². The van der Waals surface area contributed by atoms with Gasteiger partial charge in [0.05, 0.1) is 11.5 Å². The van der Waals surface area contributed by atoms with Crippen LogP contribution >= 0.6 is 0 Å². The van der Waals surface area contributed by atoms with Gasteiger partial charge >= 0.3 is 0 Å². The maximum absolute atomic E-state index is 10.8. The predicted octanol–water partition coefficient (Wildman–Crippen LogP) is 3.11. The van der Waals surface area contributed by atoms with E-state index in [0.717, 1.165) is 24.3 Å². The van der Waals surface area contributed by atoms with Crippen molar-refractivity contribution < 1.29 is 4.21 Å². The fourth-order valence-electron chi connectivity index (χ4n) is 2.53. The van der Waals surface area contributed by atoms with Crippen molar-refractivity contribution in [3.63, 3.8) is 0 Å². The number of hydrogen-bond donors (Lipinski definition) is 0. The summed E-state index contributed by atoms with van der Waals surface area (Å²) in [6, 6.07) is 2.32. The molecule has 2 nitrogen and oxygen atoms in total. The Morgan fingerprint density at radius 3 is 1.80 bits per heavy atom. The average molecular weight is 229 g/mol. The molecule has 0 aromatic heterocycles. The fraction of sp³-hybridized carbons (Fsp3) is 0.917. The highest BCUT2D eigenvalue weighted by molar-refractivity contribution is 7.86. The van der Waals surface area contributed by atoms with Crippen molar-refractivity contribution in [2.45, 2.75) is 47.5 Å². The van der Waals surface area contributed by atoms with Gasteiger partial charge in [-0.05, 0) is 25.2 Å². The van der Waals surface area contributed by atoms with Crippen molar-refractivity contribution in [2.75, 3.05) is 11.5 Å². The minimum Gasteiger partial charge on any atom is -0.260 e. The molecule has 0 bridgehead atoms. The molecule has 0 amide bonds. The second-order valence-corrected chi connectivity index (χ2v) is 5.71. The molecule has 2 aliphatic rings. The lowest BCUT2D eigenvalue weighted by atomic mass is 9.55. The van der Waals surface area contributed by atoms with Crippen LogP contribution in [-0.2, 0) is 10.8 Å². The minimum atomic E-state index is -0.555. The molecule has 1 heterocycles. The summed E-state index contributed by atoms with van der Waals surface area (Å²) in [5.41, 5.74) is 0.236. The molecule has 88 valence electrons. The third-order valence-electron chi connectivity index (χ3n) is 2.73. The van der Waals surface area contributed by atoms with Crippen LogP contribution in [0, 0.1) is 22.2 Å². The van der Waals surface area contributed by atoms with E-state index in [1.807, 2.05) is 34.6 Å². The van der Waals surface area contributed by atoms with Crippen LogP contribution in [0.5, 0.6) is 0 Å². The van der Waals surface area contributed by atoms with Crippen LogP contribution in [-0.4, -0.2) is 15.7 Å². The van der Waals surface area contributed by atoms with Gasteiger partial charge in [-0.2, -0.15) is 5.26 Å². The number of nitrogens with zero attached hydrogens (tertiary/aromatic N) is 1. The Balaban J connectivity index is 0.000000442. The Kier molecular flexibility index (Phi) is 5.51. The van der Waals surface area contributed by atoms with E-state index in [2.05, 4.69) is 6.07 Å². The zero-order valence-electron chi connectivity index (χ0n) is 10.6. The van der Waals surface area contributed by atoms with Gasteiger partial charge in [-0.1, -0.05) is 27.7 Å². The van der Waals surface area contributed by atoms with Crippen molar-refractivity contribution in [3.05, 3.63) is 0 Å². The molecule has 15 heavy (non-hydrogen) atoms. The molecule has 1 spiro atoms. The van der Waals surface area contributed by atoms with Crippen molar-refractivity contribution in [1.29, 1.82) is 5.26 Å². The molecule has 0 aromatic carbocycles. The first-order valence-electron chi connectivity index (χ1n) is 5.84. The Morgan fingerprint density at radius 1 is 1.13 bits per heavy atom. The third kappa shape index (κ3) is 3.04. The molecule has 0 aromatic rings. The number of rotatable bonds is 0. The molecule has 0 radical (unpaired) electrons. The zero-order chi connectivity index (χ0) is 12.1. The van der Waals surface area contributed by atoms with Crippen LogP contribution in [0.15, 0.2) is 0 Å². The molecule has 0 unspecified atom stereocenters. The second kappa shape index (κ2) is 5.65. The van der Waals surface area contributed by atoms with Crippen LogP contribution in [0.2, 0.25) is 0 Å². The van der Waals surface area contributed by atoms with E-state index in [4.69, 9.17) is 5.26 Å². The van der Waals surface area contributed by atoms with Crippen LogP contribution in [0.1, 0.15) is 47.5 Å². The van der Waals surface area contributed by atoms with Crippen LogP contribution < -0.4 is 0 Å². The summed E-state index contributed by atoms with van der Waals surface area (Å²) < 4.78 is 10.8. The summed E-state index contributed by atoms with van der Waals surface area (Å²) in [5.74, 6) is 1.70. The van der Waals surface area contributed by atoms with Gasteiger partial charge in [0, 0.05) is 22.3 Å². The van der Waals surface area contributed by atoms with Crippen LogP contribution in [0.3, 0.4) is 0 Å². The smallest absolute Gasteiger partial charge is 0.0687 e. The van der Waals surface area contributed by atoms with Gasteiger partial charge in [-0.3, -0.25) is 4.21 Å². The van der Waals surface area contributed by atoms with Gasteiger partial charge in [0.2, 0.25) is 0 Å². The van der Waals surface area contributed by atoms with Gasteiger partial charge < -0.3 is 0 Å². The quantitative estimate of drug-likeness (QED) is 0.640. The SMILES string of the molecule is CC.CC.CC1(C#N)CC2(CS(=O)C2)C1. The number of hydrogen-bond acceptors (Lipinski definition) is 2. The topological polar surface area (TPSA) is 40.9 Å². The first kappa shape index (κ1) is 14.6. The van der Waals surface area contributed by atoms with Crippen molar-refractivity contribution >= 4 is 10.8 Å². The van der Waals surface area contributed by atoms with Gasteiger partial charge in [0.1, 0.15) is 0 Å². The van der Waals surface area contributed by atoms with Crippen LogP contribution in [0.4, 0.5) is 0 Å². The molecule has 2 rings (SSSR count). The lowest BCUT2D eigenvalue weighted by molar-refractivity contribution is 0.0473. The van der Waals surface area contributed by atoms with Crippen molar-refractivity contribution in [3.8, 4) is 6.07 Å². The summed E-state index contributed by atoms with van der Waals surface area (Å²) in [6.45, 7) is 10.00. The summed E-state index contributed by atoms with van der Waals surface area (Å²) >= 11 is 0. The van der Waals surface area contributed by atoms with E-state index in [9.17, 15) is 4.21 Å². The lowest BCUT2D eigenvalue weighted by Gasteiger charge is -2.55.